The van der Waals surface area contributed by atoms with E-state index in [0.717, 1.165) is 99.7 Å². The molecule has 0 spiro atoms. The summed E-state index contributed by atoms with van der Waals surface area (Å²) in [6.07, 6.45) is 57.1. The van der Waals surface area contributed by atoms with Gasteiger partial charge < -0.3 is 28.4 Å². The molecule has 12 nitrogen and oxygen atoms in total. The Hall–Kier alpha value is -3.18. The van der Waals surface area contributed by atoms with Gasteiger partial charge in [0.15, 0.2) is 0 Å². The Morgan fingerprint density at radius 1 is 0.252 bits per heavy atom. The smallest absolute Gasteiger partial charge is 0.312 e. The molecule has 0 aromatic rings. The van der Waals surface area contributed by atoms with Crippen molar-refractivity contribution in [3.8, 4) is 0 Å². The van der Waals surface area contributed by atoms with Gasteiger partial charge in [0, 0.05) is 35.5 Å². The van der Waals surface area contributed by atoms with Crippen LogP contribution in [0.15, 0.2) is 0 Å². The molecule has 0 amide bonds. The molecule has 0 saturated heterocycles. The molecule has 0 N–H and O–H groups in total. The predicted molar refractivity (Wildman–Crippen MR) is 569 cm³/mol. The van der Waals surface area contributed by atoms with Gasteiger partial charge in [0.05, 0.1) is 32.5 Å². The van der Waals surface area contributed by atoms with E-state index in [-0.39, 0.29) is 102 Å². The van der Waals surface area contributed by atoms with E-state index < -0.39 is 0 Å². The Balaban J connectivity index is 0.000000141. The highest BCUT2D eigenvalue weighted by Gasteiger charge is 2.72. The number of hydrogen-bond acceptors (Lipinski definition) is 12. The van der Waals surface area contributed by atoms with Crippen LogP contribution in [-0.2, 0) is 57.2 Å². The number of hydrogen-bond donors (Lipinski definition) is 0. The van der Waals surface area contributed by atoms with Gasteiger partial charge in [0.1, 0.15) is 33.6 Å². The summed E-state index contributed by atoms with van der Waals surface area (Å²) < 4.78 is 39.0. The second-order valence-corrected chi connectivity index (χ2v) is 60.4. The fraction of sp³-hybridized carbons (Fsp3) is 0.953. The van der Waals surface area contributed by atoms with E-state index in [1.807, 2.05) is 83.1 Å². The topological polar surface area (TPSA) is 158 Å². The van der Waals surface area contributed by atoms with Gasteiger partial charge in [0.2, 0.25) is 0 Å². The molecule has 24 aliphatic carbocycles. The van der Waals surface area contributed by atoms with Crippen LogP contribution in [0.1, 0.15) is 537 Å². The Bertz CT molecular complexity index is 4120. The van der Waals surface area contributed by atoms with Crippen molar-refractivity contribution in [1.82, 2.24) is 0 Å². The molecule has 798 valence electrons. The van der Waals surface area contributed by atoms with Crippen LogP contribution in [0.5, 0.6) is 0 Å². The largest absolute Gasteiger partial charge is 0.458 e. The Morgan fingerprint density at radius 2 is 0.460 bits per heavy atom. The lowest BCUT2D eigenvalue weighted by molar-refractivity contribution is -0.246. The van der Waals surface area contributed by atoms with Crippen LogP contribution >= 0.6 is 0 Å². The highest BCUT2D eigenvalue weighted by Crippen LogP contribution is 2.74. The number of ether oxygens (including phenoxy) is 6. The lowest BCUT2D eigenvalue weighted by Gasteiger charge is -2.65. The molecule has 24 fully saturated rings. The van der Waals surface area contributed by atoms with E-state index >= 15 is 0 Å². The third-order valence-corrected chi connectivity index (χ3v) is 45.8. The van der Waals surface area contributed by atoms with Crippen LogP contribution in [-0.4, -0.2) is 69.4 Å². The lowest BCUT2D eigenvalue weighted by Crippen LogP contribution is -2.65. The molecule has 0 heterocycles. The molecule has 24 rings (SSSR count). The van der Waals surface area contributed by atoms with Gasteiger partial charge in [-0.05, 0) is 486 Å². The maximum absolute atomic E-state index is 13.1. The molecule has 139 heavy (non-hydrogen) atoms. The number of rotatable bonds is 33. The lowest BCUT2D eigenvalue weighted by atomic mass is 9.43. The van der Waals surface area contributed by atoms with E-state index in [1.54, 1.807) is 0 Å². The highest BCUT2D eigenvalue weighted by molar-refractivity contribution is 5.79. The van der Waals surface area contributed by atoms with Gasteiger partial charge >= 0.3 is 35.8 Å². The number of carbonyl (C=O) groups is 6. The van der Waals surface area contributed by atoms with Crippen LogP contribution < -0.4 is 0 Å². The van der Waals surface area contributed by atoms with Crippen molar-refractivity contribution in [2.24, 2.45) is 195 Å². The van der Waals surface area contributed by atoms with Gasteiger partial charge in [0.25, 0.3) is 0 Å². The van der Waals surface area contributed by atoms with Crippen molar-refractivity contribution in [2.45, 2.75) is 571 Å². The maximum Gasteiger partial charge on any atom is 0.312 e. The summed E-state index contributed by atoms with van der Waals surface area (Å²) in [5, 5.41) is 0. The molecule has 24 bridgehead atoms. The van der Waals surface area contributed by atoms with Crippen molar-refractivity contribution >= 4 is 35.8 Å². The summed E-state index contributed by atoms with van der Waals surface area (Å²) in [6, 6.07) is 0. The first-order valence-electron chi connectivity index (χ1n) is 60.0. The molecule has 12 heteroatoms. The van der Waals surface area contributed by atoms with Crippen LogP contribution in [0.3, 0.4) is 0 Å². The second-order valence-electron chi connectivity index (χ2n) is 60.4. The first kappa shape index (κ1) is 113. The van der Waals surface area contributed by atoms with E-state index in [9.17, 15) is 28.8 Å². The summed E-state index contributed by atoms with van der Waals surface area (Å²) in [7, 11) is 0. The predicted octanol–water partition coefficient (Wildman–Crippen LogP) is 34.3. The SMILES string of the molecule is CCC(C)(C)C(=O)OC1(C(C)C)C2CC3CC1CC(C)(C3)C2.CCC(C)(C)C(=O)OC1(CC(C)C)C2CC3CC1CC(C)(C3)C2.CCC(C)C1(OC(=O)C(C)(C)CC)C2CC3CC1CC(C)(C3)C2.CCCC(C)C1(OC(=O)C(C)(C)CC)C2CC3CC1CC(C)(C3)C2.CCCCC1(OC(=O)C(C)(C)CC)C2CC3CC1CC(C)(C3)C2.CCCCCC1(OC(=O)C(C)(C)CC)C2CC3CC1CC(C)(C3)C2. The molecule has 24 aliphatic rings. The summed E-state index contributed by atoms with van der Waals surface area (Å²) >= 11 is 0. The summed E-state index contributed by atoms with van der Waals surface area (Å²) in [5.74, 6) is 14.7. The molecular weight excluding hydrogens is 1720 g/mol. The maximum atomic E-state index is 13.1. The second kappa shape index (κ2) is 41.3. The third kappa shape index (κ3) is 21.9. The van der Waals surface area contributed by atoms with E-state index in [4.69, 9.17) is 28.4 Å². The van der Waals surface area contributed by atoms with Gasteiger partial charge in [-0.15, -0.1) is 0 Å². The van der Waals surface area contributed by atoms with Crippen molar-refractivity contribution in [1.29, 1.82) is 0 Å². The first-order chi connectivity index (χ1) is 64.5. The first-order valence-corrected chi connectivity index (χ1v) is 60.0. The van der Waals surface area contributed by atoms with Crippen molar-refractivity contribution < 1.29 is 57.2 Å². The average Bonchev–Trinajstić information content (AvgIpc) is 0.701. The molecular formula is C127H218O12. The standard InChI is InChI=1S/2C22H38O2.3C21H36O2.C20H34O2/c1-7-9-15(3)22(24-19(23)20(4,5)8-2)17-10-16-11-18(22)14-21(6,12-16)13-17;1-6-8-9-10-22(24-19(23)20(3,4)7-2)17-11-16-12-18(22)15-21(5,13-16)14-17;1-7-19(4,5)18(22)23-21(10-14(2)3)16-8-15-9-17(21)13-20(6,11-15)12-16;1-7-14(3)21(23-18(22)19(4,5)8-2)16-9-15-10-17(21)13-20(6,11-15)12-16;1-6-8-9-21(23-18(22)19(3,4)7-2)16-10-15-11-17(21)14-20(5,12-15)13-16;1-7-18(4,5)17(21)22-20(13(2)3)15-8-14-9-16(20)12-19(6,10-14)11-15/h15-18H,7-14H2,1-6H3;16-18H,6-15H2,1-5H3;2*14-17H,7-13H2,1-6H3;15-17H,6-14H2,1-5H3;13-16H,7-12H2,1-6H3. The van der Waals surface area contributed by atoms with Gasteiger partial charge in [-0.2, -0.15) is 0 Å². The van der Waals surface area contributed by atoms with E-state index in [1.165, 1.54) is 238 Å². The zero-order valence-corrected chi connectivity index (χ0v) is 96.8. The minimum absolute atomic E-state index is 0.0290. The zero-order chi connectivity index (χ0) is 103. The highest BCUT2D eigenvalue weighted by atomic mass is 16.6. The minimum Gasteiger partial charge on any atom is -0.458 e. The summed E-state index contributed by atoms with van der Waals surface area (Å²) in [5.41, 5.74) is -0.0578. The van der Waals surface area contributed by atoms with Crippen LogP contribution in [0.2, 0.25) is 0 Å². The molecule has 14 unspecified atom stereocenters. The molecule has 0 aromatic carbocycles. The molecule has 0 radical (unpaired) electrons. The van der Waals surface area contributed by atoms with Crippen LogP contribution in [0.25, 0.3) is 0 Å². The van der Waals surface area contributed by atoms with Crippen molar-refractivity contribution in [3.05, 3.63) is 0 Å². The fourth-order valence-corrected chi connectivity index (χ4v) is 37.1. The summed E-state index contributed by atoms with van der Waals surface area (Å²) in [6.45, 7) is 74.8. The fourth-order valence-electron chi connectivity index (χ4n) is 37.1. The normalized spacial score (nSPS) is 42.4. The number of carbonyl (C=O) groups excluding carboxylic acids is 6. The third-order valence-electron chi connectivity index (χ3n) is 45.8. The summed E-state index contributed by atoms with van der Waals surface area (Å²) in [4.78, 5) is 77.7. The minimum atomic E-state index is -0.364. The quantitative estimate of drug-likeness (QED) is 0.0348. The van der Waals surface area contributed by atoms with Crippen molar-refractivity contribution in [3.63, 3.8) is 0 Å². The number of esters is 6. The molecule has 0 aliphatic heterocycles. The van der Waals surface area contributed by atoms with Gasteiger partial charge in [-0.1, -0.05) is 178 Å². The Labute approximate surface area is 853 Å². The van der Waals surface area contributed by atoms with E-state index in [2.05, 4.69) is 152 Å². The molecule has 14 atom stereocenters. The zero-order valence-electron chi connectivity index (χ0n) is 96.8. The van der Waals surface area contributed by atoms with E-state index in [0.29, 0.717) is 127 Å². The van der Waals surface area contributed by atoms with Gasteiger partial charge in [-0.3, -0.25) is 28.8 Å². The van der Waals surface area contributed by atoms with Gasteiger partial charge in [-0.25, -0.2) is 0 Å². The monoisotopic (exact) mass is 1940 g/mol. The van der Waals surface area contributed by atoms with Crippen molar-refractivity contribution in [2.75, 3.05) is 0 Å². The Morgan fingerprint density at radius 3 is 0.683 bits per heavy atom. The Kier molecular flexibility index (Phi) is 33.6. The number of unbranched alkanes of at least 4 members (excludes halogenated alkanes) is 3. The average molecular weight is 1940 g/mol. The van der Waals surface area contributed by atoms with Crippen LogP contribution in [0.4, 0.5) is 0 Å². The molecule has 0 aromatic heterocycles. The van der Waals surface area contributed by atoms with Crippen LogP contribution in [0, 0.1) is 195 Å². The molecule has 24 saturated carbocycles.